The van der Waals surface area contributed by atoms with Gasteiger partial charge in [0.05, 0.1) is 5.69 Å². The second kappa shape index (κ2) is 5.69. The van der Waals surface area contributed by atoms with Crippen molar-refractivity contribution in [1.29, 1.82) is 0 Å². The lowest BCUT2D eigenvalue weighted by Gasteiger charge is -1.92. The molecule has 0 amide bonds. The van der Waals surface area contributed by atoms with Crippen LogP contribution in [0, 0.1) is 0 Å². The fourth-order valence-corrected chi connectivity index (χ4v) is 2.89. The minimum absolute atomic E-state index is 0.644. The van der Waals surface area contributed by atoms with Gasteiger partial charge >= 0.3 is 0 Å². The molecule has 0 aliphatic rings. The number of fused-ring (bicyclic) bond motifs is 1. The fraction of sp³-hybridized carbons (Fsp3) is 0.0588. The number of benzene rings is 2. The van der Waals surface area contributed by atoms with Gasteiger partial charge in [-0.1, -0.05) is 59.4 Å². The van der Waals surface area contributed by atoms with E-state index in [-0.39, 0.29) is 0 Å². The summed E-state index contributed by atoms with van der Waals surface area (Å²) in [5.41, 5.74) is 3.56. The van der Waals surface area contributed by atoms with E-state index >= 15 is 0 Å². The molecule has 108 valence electrons. The Kier molecular flexibility index (Phi) is 3.40. The van der Waals surface area contributed by atoms with E-state index in [2.05, 4.69) is 10.1 Å². The Bertz CT molecular complexity index is 866. The van der Waals surface area contributed by atoms with Gasteiger partial charge in [-0.05, 0) is 12.1 Å². The molecule has 22 heavy (non-hydrogen) atoms. The molecule has 0 unspecified atom stereocenters. The van der Waals surface area contributed by atoms with Gasteiger partial charge in [-0.25, -0.2) is 4.98 Å². The first-order valence-corrected chi connectivity index (χ1v) is 7.86. The minimum atomic E-state index is 0.644. The molecule has 2 aromatic heterocycles. The molecule has 4 nitrogen and oxygen atoms in total. The van der Waals surface area contributed by atoms with Crippen LogP contribution in [-0.2, 0) is 5.75 Å². The zero-order valence-electron chi connectivity index (χ0n) is 11.6. The largest absolute Gasteiger partial charge is 0.431 e. The average Bonchev–Trinajstić information content (AvgIpc) is 3.20. The van der Waals surface area contributed by atoms with Gasteiger partial charge in [0, 0.05) is 17.4 Å². The summed E-state index contributed by atoms with van der Waals surface area (Å²) in [6, 6.07) is 19.6. The molecule has 4 aromatic rings. The zero-order chi connectivity index (χ0) is 14.8. The predicted octanol–water partition coefficient (Wildman–Crippen LogP) is 4.78. The maximum Gasteiger partial charge on any atom is 0.257 e. The van der Waals surface area contributed by atoms with Crippen molar-refractivity contribution in [2.75, 3.05) is 0 Å². The predicted molar refractivity (Wildman–Crippen MR) is 85.5 cm³/mol. The number of hydrogen-bond donors (Lipinski definition) is 0. The van der Waals surface area contributed by atoms with E-state index in [9.17, 15) is 0 Å². The van der Waals surface area contributed by atoms with Crippen molar-refractivity contribution in [2.45, 2.75) is 11.0 Å². The van der Waals surface area contributed by atoms with Crippen molar-refractivity contribution < 1.29 is 8.94 Å². The first-order chi connectivity index (χ1) is 10.9. The summed E-state index contributed by atoms with van der Waals surface area (Å²) in [5, 5.41) is 4.74. The Morgan fingerprint density at radius 3 is 2.64 bits per heavy atom. The van der Waals surface area contributed by atoms with Crippen LogP contribution < -0.4 is 0 Å². The third-order valence-corrected chi connectivity index (χ3v) is 4.10. The van der Waals surface area contributed by atoms with E-state index in [1.807, 2.05) is 60.7 Å². The summed E-state index contributed by atoms with van der Waals surface area (Å²) in [5.74, 6) is 1.43. The molecule has 0 atom stereocenters. The van der Waals surface area contributed by atoms with Gasteiger partial charge in [0.15, 0.2) is 11.3 Å². The smallest absolute Gasteiger partial charge is 0.257 e. The Morgan fingerprint density at radius 2 is 1.77 bits per heavy atom. The molecule has 4 rings (SSSR count). The summed E-state index contributed by atoms with van der Waals surface area (Å²) >= 11 is 1.51. The SMILES string of the molecule is c1ccc(-c2cc(CSc3nc4ccccc4o3)no2)cc1. The van der Waals surface area contributed by atoms with Crippen LogP contribution in [0.25, 0.3) is 22.4 Å². The molecule has 0 saturated carbocycles. The Balaban J connectivity index is 1.49. The molecule has 0 aliphatic heterocycles. The molecule has 0 spiro atoms. The number of thioether (sulfide) groups is 1. The third kappa shape index (κ3) is 2.63. The summed E-state index contributed by atoms with van der Waals surface area (Å²) in [6.07, 6.45) is 0. The number of hydrogen-bond acceptors (Lipinski definition) is 5. The highest BCUT2D eigenvalue weighted by Crippen LogP contribution is 2.27. The summed E-state index contributed by atoms with van der Waals surface area (Å²) in [7, 11) is 0. The quantitative estimate of drug-likeness (QED) is 0.508. The average molecular weight is 308 g/mol. The number of aromatic nitrogens is 2. The van der Waals surface area contributed by atoms with Gasteiger partial charge in [0.25, 0.3) is 5.22 Å². The first-order valence-electron chi connectivity index (χ1n) is 6.88. The standard InChI is InChI=1S/C17H12N2O2S/c1-2-6-12(7-3-1)16-10-13(19-21-16)11-22-17-18-14-8-4-5-9-15(14)20-17/h1-10H,11H2. The molecular formula is C17H12N2O2S. The van der Waals surface area contributed by atoms with Gasteiger partial charge in [-0.2, -0.15) is 0 Å². The van der Waals surface area contributed by atoms with Crippen LogP contribution in [0.15, 0.2) is 74.8 Å². The lowest BCUT2D eigenvalue weighted by Crippen LogP contribution is -1.79. The fourth-order valence-electron chi connectivity index (χ4n) is 2.17. The van der Waals surface area contributed by atoms with Crippen LogP contribution in [0.2, 0.25) is 0 Å². The molecule has 0 fully saturated rings. The molecule has 2 heterocycles. The van der Waals surface area contributed by atoms with Gasteiger partial charge in [-0.3, -0.25) is 0 Å². The maximum absolute atomic E-state index is 5.67. The van der Waals surface area contributed by atoms with Crippen molar-refractivity contribution in [3.8, 4) is 11.3 Å². The van der Waals surface area contributed by atoms with E-state index < -0.39 is 0 Å². The number of para-hydroxylation sites is 2. The lowest BCUT2D eigenvalue weighted by molar-refractivity contribution is 0.426. The normalized spacial score (nSPS) is 11.1. The monoisotopic (exact) mass is 308 g/mol. The van der Waals surface area contributed by atoms with Gasteiger partial charge in [0.1, 0.15) is 5.52 Å². The van der Waals surface area contributed by atoms with Crippen LogP contribution in [0.3, 0.4) is 0 Å². The van der Waals surface area contributed by atoms with Crippen molar-refractivity contribution in [3.05, 3.63) is 66.4 Å². The highest BCUT2D eigenvalue weighted by Gasteiger charge is 2.10. The summed E-state index contributed by atoms with van der Waals surface area (Å²) in [6.45, 7) is 0. The van der Waals surface area contributed by atoms with Crippen molar-refractivity contribution in [2.24, 2.45) is 0 Å². The Labute approximate surface area is 131 Å². The van der Waals surface area contributed by atoms with Gasteiger partial charge < -0.3 is 8.94 Å². The Hall–Kier alpha value is -2.53. The molecule has 5 heteroatoms. The van der Waals surface area contributed by atoms with Gasteiger partial charge in [0.2, 0.25) is 0 Å². The highest BCUT2D eigenvalue weighted by atomic mass is 32.2. The minimum Gasteiger partial charge on any atom is -0.431 e. The maximum atomic E-state index is 5.67. The number of oxazole rings is 1. The number of nitrogens with zero attached hydrogens (tertiary/aromatic N) is 2. The number of rotatable bonds is 4. The third-order valence-electron chi connectivity index (χ3n) is 3.24. The van der Waals surface area contributed by atoms with Crippen molar-refractivity contribution in [3.63, 3.8) is 0 Å². The molecule has 0 saturated heterocycles. The van der Waals surface area contributed by atoms with E-state index in [0.29, 0.717) is 11.0 Å². The molecule has 2 aromatic carbocycles. The zero-order valence-corrected chi connectivity index (χ0v) is 12.4. The Morgan fingerprint density at radius 1 is 0.955 bits per heavy atom. The first kappa shape index (κ1) is 13.2. The van der Waals surface area contributed by atoms with Crippen LogP contribution in [0.1, 0.15) is 5.69 Å². The highest BCUT2D eigenvalue weighted by molar-refractivity contribution is 7.98. The van der Waals surface area contributed by atoms with Crippen molar-refractivity contribution in [1.82, 2.24) is 10.1 Å². The summed E-state index contributed by atoms with van der Waals surface area (Å²) < 4.78 is 11.1. The second-order valence-electron chi connectivity index (χ2n) is 4.78. The van der Waals surface area contributed by atoms with E-state index in [0.717, 1.165) is 28.1 Å². The van der Waals surface area contributed by atoms with Crippen LogP contribution >= 0.6 is 11.8 Å². The molecule has 0 N–H and O–H groups in total. The van der Waals surface area contributed by atoms with E-state index in [1.165, 1.54) is 11.8 Å². The lowest BCUT2D eigenvalue weighted by atomic mass is 10.2. The second-order valence-corrected chi connectivity index (χ2v) is 5.71. The molecular weight excluding hydrogens is 296 g/mol. The molecule has 0 bridgehead atoms. The van der Waals surface area contributed by atoms with Crippen molar-refractivity contribution >= 4 is 22.9 Å². The van der Waals surface area contributed by atoms with Crippen LogP contribution in [-0.4, -0.2) is 10.1 Å². The van der Waals surface area contributed by atoms with E-state index in [4.69, 9.17) is 8.94 Å². The van der Waals surface area contributed by atoms with E-state index in [1.54, 1.807) is 0 Å². The molecule has 0 aliphatic carbocycles. The van der Waals surface area contributed by atoms with Crippen LogP contribution in [0.4, 0.5) is 0 Å². The topological polar surface area (TPSA) is 52.1 Å². The molecule has 0 radical (unpaired) electrons. The summed E-state index contributed by atoms with van der Waals surface area (Å²) in [4.78, 5) is 4.43. The van der Waals surface area contributed by atoms with Crippen LogP contribution in [0.5, 0.6) is 0 Å². The van der Waals surface area contributed by atoms with Gasteiger partial charge in [-0.15, -0.1) is 0 Å².